The zero-order valence-electron chi connectivity index (χ0n) is 9.61. The van der Waals surface area contributed by atoms with Gasteiger partial charge in [0.05, 0.1) is 0 Å². The molecular weight excluding hydrogens is 170 g/mol. The smallest absolute Gasteiger partial charge is 0.0107 e. The topological polar surface area (TPSA) is 26.0 Å². The zero-order valence-corrected chi connectivity index (χ0v) is 9.61. The molecule has 0 amide bonds. The fourth-order valence-corrected chi connectivity index (χ4v) is 5.12. The van der Waals surface area contributed by atoms with Crippen LogP contribution >= 0.6 is 0 Å². The van der Waals surface area contributed by atoms with Gasteiger partial charge in [-0.1, -0.05) is 33.6 Å². The largest absolute Gasteiger partial charge is 0.327 e. The fourth-order valence-electron chi connectivity index (χ4n) is 5.12. The number of hydrogen-bond acceptors (Lipinski definition) is 1. The lowest BCUT2D eigenvalue weighted by molar-refractivity contribution is -0.185. The van der Waals surface area contributed by atoms with Gasteiger partial charge in [-0.25, -0.2) is 0 Å². The lowest BCUT2D eigenvalue weighted by atomic mass is 9.38. The molecule has 3 fully saturated rings. The third kappa shape index (κ3) is 0.856. The molecule has 0 radical (unpaired) electrons. The number of hydrogen-bond donors (Lipinski definition) is 1. The Labute approximate surface area is 87.4 Å². The number of rotatable bonds is 0. The first kappa shape index (κ1) is 9.21. The Morgan fingerprint density at radius 3 is 2.00 bits per heavy atom. The second-order valence-corrected chi connectivity index (χ2v) is 6.28. The van der Waals surface area contributed by atoms with E-state index < -0.39 is 0 Å². The van der Waals surface area contributed by atoms with E-state index in [4.69, 9.17) is 5.73 Å². The molecule has 2 N–H and O–H groups in total. The molecule has 3 rings (SSSR count). The van der Waals surface area contributed by atoms with Crippen LogP contribution in [0.25, 0.3) is 0 Å². The molecule has 0 heterocycles. The Hall–Kier alpha value is -0.0400. The van der Waals surface area contributed by atoms with Crippen molar-refractivity contribution in [3.63, 3.8) is 0 Å². The lowest BCUT2D eigenvalue weighted by Crippen LogP contribution is -2.71. The molecule has 3 aliphatic carbocycles. The van der Waals surface area contributed by atoms with E-state index in [0.717, 1.165) is 41.4 Å². The van der Waals surface area contributed by atoms with E-state index in [-0.39, 0.29) is 0 Å². The first-order chi connectivity index (χ1) is 6.63. The monoisotopic (exact) mass is 193 g/mol. The molecule has 0 bridgehead atoms. The average Bonchev–Trinajstić information content (AvgIpc) is 2.18. The van der Waals surface area contributed by atoms with E-state index in [1.54, 1.807) is 0 Å². The Morgan fingerprint density at radius 2 is 1.36 bits per heavy atom. The van der Waals surface area contributed by atoms with Crippen LogP contribution in [0.5, 0.6) is 0 Å². The maximum absolute atomic E-state index is 6.31. The first-order valence-electron chi connectivity index (χ1n) is 6.38. The highest BCUT2D eigenvalue weighted by atomic mass is 14.8. The van der Waals surface area contributed by atoms with Crippen LogP contribution in [-0.2, 0) is 0 Å². The van der Waals surface area contributed by atoms with Crippen LogP contribution in [0, 0.1) is 41.4 Å². The molecule has 0 aliphatic heterocycles. The van der Waals surface area contributed by atoms with E-state index in [9.17, 15) is 0 Å². The Bertz CT molecular complexity index is 218. The molecule has 0 saturated heterocycles. The van der Waals surface area contributed by atoms with Gasteiger partial charge in [0.15, 0.2) is 0 Å². The highest BCUT2D eigenvalue weighted by Crippen LogP contribution is 2.66. The minimum Gasteiger partial charge on any atom is -0.327 e. The summed E-state index contributed by atoms with van der Waals surface area (Å²) in [6, 6.07) is 0.548. The van der Waals surface area contributed by atoms with Gasteiger partial charge in [-0.2, -0.15) is 0 Å². The van der Waals surface area contributed by atoms with Crippen molar-refractivity contribution in [2.75, 3.05) is 0 Å². The third-order valence-electron chi connectivity index (χ3n) is 5.83. The molecule has 4 unspecified atom stereocenters. The van der Waals surface area contributed by atoms with Crippen molar-refractivity contribution in [3.8, 4) is 0 Å². The van der Waals surface area contributed by atoms with Crippen LogP contribution < -0.4 is 5.73 Å². The van der Waals surface area contributed by atoms with Gasteiger partial charge in [0.25, 0.3) is 0 Å². The van der Waals surface area contributed by atoms with E-state index >= 15 is 0 Å². The molecular formula is C13H23N. The summed E-state index contributed by atoms with van der Waals surface area (Å²) in [5.41, 5.74) is 6.31. The van der Waals surface area contributed by atoms with Crippen molar-refractivity contribution in [1.82, 2.24) is 0 Å². The van der Waals surface area contributed by atoms with Crippen molar-refractivity contribution >= 4 is 0 Å². The molecule has 0 aromatic carbocycles. The van der Waals surface area contributed by atoms with Gasteiger partial charge in [-0.3, -0.25) is 0 Å². The summed E-state index contributed by atoms with van der Waals surface area (Å²) in [6.45, 7) is 7.34. The van der Waals surface area contributed by atoms with Crippen LogP contribution in [0.3, 0.4) is 0 Å². The molecule has 8 atom stereocenters. The van der Waals surface area contributed by atoms with E-state index in [2.05, 4.69) is 20.8 Å². The second kappa shape index (κ2) is 2.75. The van der Waals surface area contributed by atoms with E-state index in [1.165, 1.54) is 12.8 Å². The predicted molar refractivity (Wildman–Crippen MR) is 58.7 cm³/mol. The summed E-state index contributed by atoms with van der Waals surface area (Å²) in [4.78, 5) is 0. The first-order valence-corrected chi connectivity index (χ1v) is 6.38. The van der Waals surface area contributed by atoms with Gasteiger partial charge in [0, 0.05) is 6.04 Å². The van der Waals surface area contributed by atoms with Crippen molar-refractivity contribution in [1.29, 1.82) is 0 Å². The predicted octanol–water partition coefficient (Wildman–Crippen LogP) is 2.51. The molecule has 14 heavy (non-hydrogen) atoms. The molecule has 0 aromatic heterocycles. The molecule has 80 valence electrons. The molecule has 1 nitrogen and oxygen atoms in total. The van der Waals surface area contributed by atoms with Crippen molar-refractivity contribution in [3.05, 3.63) is 0 Å². The second-order valence-electron chi connectivity index (χ2n) is 6.28. The normalized spacial score (nSPS) is 66.0. The SMILES string of the molecule is C[C@H]1C2C3C([C@@H]2N)[C@H](C)CC[C@H](C)C31. The number of nitrogens with two attached hydrogens (primary N) is 1. The summed E-state index contributed by atoms with van der Waals surface area (Å²) in [6.07, 6.45) is 2.87. The summed E-state index contributed by atoms with van der Waals surface area (Å²) in [5.74, 6) is 6.60. The third-order valence-corrected chi connectivity index (χ3v) is 5.83. The lowest BCUT2D eigenvalue weighted by Gasteiger charge is -2.68. The van der Waals surface area contributed by atoms with Crippen molar-refractivity contribution in [2.45, 2.75) is 39.7 Å². The maximum Gasteiger partial charge on any atom is 0.0107 e. The van der Waals surface area contributed by atoms with Crippen LogP contribution in [-0.4, -0.2) is 6.04 Å². The van der Waals surface area contributed by atoms with Crippen molar-refractivity contribution < 1.29 is 0 Å². The van der Waals surface area contributed by atoms with Crippen molar-refractivity contribution in [2.24, 2.45) is 47.2 Å². The summed E-state index contributed by atoms with van der Waals surface area (Å²) < 4.78 is 0. The van der Waals surface area contributed by atoms with Crippen LogP contribution in [0.4, 0.5) is 0 Å². The zero-order chi connectivity index (χ0) is 10.0. The quantitative estimate of drug-likeness (QED) is 0.628. The van der Waals surface area contributed by atoms with Gasteiger partial charge in [0.1, 0.15) is 0 Å². The van der Waals surface area contributed by atoms with Gasteiger partial charge in [-0.05, 0) is 41.4 Å². The van der Waals surface area contributed by atoms with Gasteiger partial charge < -0.3 is 5.73 Å². The fraction of sp³-hybridized carbons (Fsp3) is 1.00. The molecule has 3 saturated carbocycles. The Morgan fingerprint density at radius 1 is 0.786 bits per heavy atom. The molecule has 0 spiro atoms. The van der Waals surface area contributed by atoms with Crippen LogP contribution in [0.15, 0.2) is 0 Å². The van der Waals surface area contributed by atoms with Gasteiger partial charge in [0.2, 0.25) is 0 Å². The minimum atomic E-state index is 0.548. The molecule has 1 heteroatoms. The highest BCUT2D eigenvalue weighted by Gasteiger charge is 2.65. The summed E-state index contributed by atoms with van der Waals surface area (Å²) in [7, 11) is 0. The minimum absolute atomic E-state index is 0.548. The molecule has 3 aliphatic rings. The highest BCUT2D eigenvalue weighted by molar-refractivity contribution is 5.16. The Kier molecular flexibility index (Phi) is 1.81. The average molecular weight is 193 g/mol. The van der Waals surface area contributed by atoms with Gasteiger partial charge in [-0.15, -0.1) is 0 Å². The van der Waals surface area contributed by atoms with E-state index in [0.29, 0.717) is 6.04 Å². The standard InChI is InChI=1S/C13H23N/c1-6-4-5-7(2)10-12-9(6)8(3)11(12)13(10)14/h6-13H,4-5,14H2,1-3H3/t6-,7+,8+,9?,10?,11?,12?,13-/m0/s1. The van der Waals surface area contributed by atoms with Crippen LogP contribution in [0.2, 0.25) is 0 Å². The molecule has 0 aromatic rings. The summed E-state index contributed by atoms with van der Waals surface area (Å²) in [5, 5.41) is 0. The summed E-state index contributed by atoms with van der Waals surface area (Å²) >= 11 is 0. The Balaban J connectivity index is 1.88. The van der Waals surface area contributed by atoms with Gasteiger partial charge >= 0.3 is 0 Å². The maximum atomic E-state index is 6.31. The van der Waals surface area contributed by atoms with E-state index in [1.807, 2.05) is 0 Å². The van der Waals surface area contributed by atoms with Crippen LogP contribution in [0.1, 0.15) is 33.6 Å².